The van der Waals surface area contributed by atoms with Crippen molar-refractivity contribution in [2.75, 3.05) is 19.7 Å². The molecule has 2 N–H and O–H groups in total. The van der Waals surface area contributed by atoms with Gasteiger partial charge in [-0.05, 0) is 31.7 Å². The van der Waals surface area contributed by atoms with E-state index in [1.54, 1.807) is 6.92 Å². The smallest absolute Gasteiger partial charge is 0.239 e. The zero-order chi connectivity index (χ0) is 14.4. The van der Waals surface area contributed by atoms with E-state index in [9.17, 15) is 4.79 Å². The number of hydrogen-bond acceptors (Lipinski definition) is 3. The fourth-order valence-corrected chi connectivity index (χ4v) is 2.52. The van der Waals surface area contributed by atoms with Crippen molar-refractivity contribution in [3.05, 3.63) is 35.9 Å². The summed E-state index contributed by atoms with van der Waals surface area (Å²) < 4.78 is 5.85. The molecule has 1 aliphatic rings. The van der Waals surface area contributed by atoms with E-state index in [-0.39, 0.29) is 12.0 Å². The first-order valence-electron chi connectivity index (χ1n) is 7.36. The second kappa shape index (κ2) is 7.41. The number of likely N-dealkylation sites (tertiary alicyclic amines) is 1. The summed E-state index contributed by atoms with van der Waals surface area (Å²) in [6, 6.07) is 10.0. The molecule has 1 fully saturated rings. The lowest BCUT2D eigenvalue weighted by atomic mass is 10.1. The van der Waals surface area contributed by atoms with Crippen LogP contribution in [0.5, 0.6) is 0 Å². The molecule has 1 heterocycles. The van der Waals surface area contributed by atoms with E-state index >= 15 is 0 Å². The topological polar surface area (TPSA) is 55.6 Å². The summed E-state index contributed by atoms with van der Waals surface area (Å²) in [5.74, 6) is 0.0281. The first-order chi connectivity index (χ1) is 9.66. The predicted octanol–water partition coefficient (Wildman–Crippen LogP) is 1.58. The molecule has 1 aliphatic heterocycles. The summed E-state index contributed by atoms with van der Waals surface area (Å²) in [6.07, 6.45) is 3.15. The zero-order valence-corrected chi connectivity index (χ0v) is 12.1. The average Bonchev–Trinajstić information content (AvgIpc) is 2.92. The van der Waals surface area contributed by atoms with Crippen LogP contribution in [0.1, 0.15) is 25.3 Å². The second-order valence-electron chi connectivity index (χ2n) is 5.44. The molecule has 20 heavy (non-hydrogen) atoms. The summed E-state index contributed by atoms with van der Waals surface area (Å²) in [6.45, 7) is 3.94. The Balaban J connectivity index is 1.63. The summed E-state index contributed by atoms with van der Waals surface area (Å²) in [7, 11) is 0. The van der Waals surface area contributed by atoms with Crippen LogP contribution in [-0.2, 0) is 16.0 Å². The van der Waals surface area contributed by atoms with Crippen molar-refractivity contribution in [2.45, 2.75) is 38.3 Å². The Kier molecular flexibility index (Phi) is 5.56. The minimum Gasteiger partial charge on any atom is -0.376 e. The lowest BCUT2D eigenvalue weighted by Gasteiger charge is -2.18. The molecule has 2 atom stereocenters. The van der Waals surface area contributed by atoms with Gasteiger partial charge in [0, 0.05) is 19.7 Å². The van der Waals surface area contributed by atoms with Gasteiger partial charge in [0.15, 0.2) is 0 Å². The van der Waals surface area contributed by atoms with E-state index in [4.69, 9.17) is 10.5 Å². The molecule has 1 aromatic rings. The van der Waals surface area contributed by atoms with Gasteiger partial charge in [-0.2, -0.15) is 0 Å². The maximum absolute atomic E-state index is 11.8. The molecular weight excluding hydrogens is 252 g/mol. The number of nitrogens with two attached hydrogens (primary N) is 1. The van der Waals surface area contributed by atoms with Crippen molar-refractivity contribution < 1.29 is 9.53 Å². The Bertz CT molecular complexity index is 420. The van der Waals surface area contributed by atoms with E-state index in [0.717, 1.165) is 32.4 Å². The third-order valence-electron chi connectivity index (χ3n) is 3.65. The molecule has 0 aromatic heterocycles. The van der Waals surface area contributed by atoms with Crippen molar-refractivity contribution in [1.29, 1.82) is 0 Å². The molecule has 4 heteroatoms. The van der Waals surface area contributed by atoms with Crippen LogP contribution in [0.3, 0.4) is 0 Å². The summed E-state index contributed by atoms with van der Waals surface area (Å²) >= 11 is 0. The number of carbonyl (C=O) groups excluding carboxylic acids is 1. The molecule has 1 saturated heterocycles. The number of aryl methyl sites for hydroxylation is 1. The van der Waals surface area contributed by atoms with E-state index in [1.165, 1.54) is 5.56 Å². The SMILES string of the molecule is C[C@H](N)C(=O)N1CCC(OCCCc2ccccc2)C1. The fraction of sp³-hybridized carbons (Fsp3) is 0.562. The highest BCUT2D eigenvalue weighted by Gasteiger charge is 2.27. The van der Waals surface area contributed by atoms with E-state index < -0.39 is 6.04 Å². The van der Waals surface area contributed by atoms with Crippen LogP contribution in [0.15, 0.2) is 30.3 Å². The standard InChI is InChI=1S/C16H24N2O2/c1-13(17)16(19)18-10-9-15(12-18)20-11-5-8-14-6-3-2-4-7-14/h2-4,6-7,13,15H,5,8-12,17H2,1H3/t13-,15?/m0/s1. The van der Waals surface area contributed by atoms with Crippen LogP contribution in [0.2, 0.25) is 0 Å². The van der Waals surface area contributed by atoms with Crippen LogP contribution in [0, 0.1) is 0 Å². The van der Waals surface area contributed by atoms with Gasteiger partial charge in [0.1, 0.15) is 0 Å². The summed E-state index contributed by atoms with van der Waals surface area (Å²) in [5, 5.41) is 0. The molecule has 0 radical (unpaired) electrons. The van der Waals surface area contributed by atoms with Gasteiger partial charge in [-0.25, -0.2) is 0 Å². The monoisotopic (exact) mass is 276 g/mol. The Hall–Kier alpha value is -1.39. The second-order valence-corrected chi connectivity index (χ2v) is 5.44. The number of nitrogens with zero attached hydrogens (tertiary/aromatic N) is 1. The van der Waals surface area contributed by atoms with Gasteiger partial charge in [0.25, 0.3) is 0 Å². The van der Waals surface area contributed by atoms with Crippen molar-refractivity contribution in [3.63, 3.8) is 0 Å². The molecule has 0 spiro atoms. The fourth-order valence-electron chi connectivity index (χ4n) is 2.52. The van der Waals surface area contributed by atoms with Gasteiger partial charge < -0.3 is 15.4 Å². The third kappa shape index (κ3) is 4.32. The number of rotatable bonds is 6. The van der Waals surface area contributed by atoms with Crippen molar-refractivity contribution in [3.8, 4) is 0 Å². The van der Waals surface area contributed by atoms with Gasteiger partial charge in [-0.3, -0.25) is 4.79 Å². The van der Waals surface area contributed by atoms with Gasteiger partial charge in [0.2, 0.25) is 5.91 Å². The van der Waals surface area contributed by atoms with Crippen molar-refractivity contribution in [1.82, 2.24) is 4.90 Å². The van der Waals surface area contributed by atoms with Crippen LogP contribution in [-0.4, -0.2) is 42.6 Å². The van der Waals surface area contributed by atoms with Crippen molar-refractivity contribution in [2.24, 2.45) is 5.73 Å². The summed E-state index contributed by atoms with van der Waals surface area (Å²) in [5.41, 5.74) is 6.96. The highest BCUT2D eigenvalue weighted by Crippen LogP contribution is 2.14. The maximum Gasteiger partial charge on any atom is 0.239 e. The van der Waals surface area contributed by atoms with E-state index in [1.807, 2.05) is 11.0 Å². The number of ether oxygens (including phenoxy) is 1. The average molecular weight is 276 g/mol. The van der Waals surface area contributed by atoms with Crippen LogP contribution in [0.4, 0.5) is 0 Å². The first kappa shape index (κ1) is 15.0. The van der Waals surface area contributed by atoms with Gasteiger partial charge in [-0.15, -0.1) is 0 Å². The zero-order valence-electron chi connectivity index (χ0n) is 12.1. The van der Waals surface area contributed by atoms with Crippen LogP contribution in [0.25, 0.3) is 0 Å². The lowest BCUT2D eigenvalue weighted by Crippen LogP contribution is -2.41. The highest BCUT2D eigenvalue weighted by atomic mass is 16.5. The molecule has 0 saturated carbocycles. The number of hydrogen-bond donors (Lipinski definition) is 1. The van der Waals surface area contributed by atoms with Gasteiger partial charge >= 0.3 is 0 Å². The first-order valence-corrected chi connectivity index (χ1v) is 7.36. The molecular formula is C16H24N2O2. The molecule has 1 aromatic carbocycles. The highest BCUT2D eigenvalue weighted by molar-refractivity contribution is 5.81. The van der Waals surface area contributed by atoms with Gasteiger partial charge in [0.05, 0.1) is 12.1 Å². The van der Waals surface area contributed by atoms with Crippen LogP contribution >= 0.6 is 0 Å². The predicted molar refractivity (Wildman–Crippen MR) is 79.3 cm³/mol. The van der Waals surface area contributed by atoms with E-state index in [0.29, 0.717) is 6.54 Å². The molecule has 0 bridgehead atoms. The maximum atomic E-state index is 11.8. The Morgan fingerprint density at radius 2 is 2.20 bits per heavy atom. The Morgan fingerprint density at radius 3 is 2.90 bits per heavy atom. The normalized spacial score (nSPS) is 20.1. The Labute approximate surface area is 120 Å². The molecule has 0 aliphatic carbocycles. The minimum atomic E-state index is -0.410. The number of benzene rings is 1. The minimum absolute atomic E-state index is 0.0281. The third-order valence-corrected chi connectivity index (χ3v) is 3.65. The van der Waals surface area contributed by atoms with Crippen molar-refractivity contribution >= 4 is 5.91 Å². The molecule has 2 rings (SSSR count). The molecule has 1 amide bonds. The number of amides is 1. The molecule has 1 unspecified atom stereocenters. The van der Waals surface area contributed by atoms with E-state index in [2.05, 4.69) is 24.3 Å². The Morgan fingerprint density at radius 1 is 1.45 bits per heavy atom. The molecule has 110 valence electrons. The number of carbonyl (C=O) groups is 1. The van der Waals surface area contributed by atoms with Crippen LogP contribution < -0.4 is 5.73 Å². The van der Waals surface area contributed by atoms with Gasteiger partial charge in [-0.1, -0.05) is 30.3 Å². The molecule has 4 nitrogen and oxygen atoms in total. The quantitative estimate of drug-likeness (QED) is 0.803. The largest absolute Gasteiger partial charge is 0.376 e. The summed E-state index contributed by atoms with van der Waals surface area (Å²) in [4.78, 5) is 13.6. The lowest BCUT2D eigenvalue weighted by molar-refractivity contribution is -0.131.